The van der Waals surface area contributed by atoms with E-state index < -0.39 is 22.6 Å². The second kappa shape index (κ2) is 12.6. The van der Waals surface area contributed by atoms with Gasteiger partial charge in [0, 0.05) is 37.2 Å². The quantitative estimate of drug-likeness (QED) is 0.308. The SMILES string of the molecule is CCOc1ccc(N2CC=C[C@H]3S[C@]45C=CCN(c6c(C)cccc6Cl)C(=O)C4N(CCCCCO)C(=O)[C@@H]5[C@H]3C2=O)cc1. The molecule has 4 aliphatic heterocycles. The van der Waals surface area contributed by atoms with Crippen LogP contribution in [0.2, 0.25) is 5.02 Å². The number of aliphatic hydroxyl groups excluding tert-OH is 1. The van der Waals surface area contributed by atoms with Gasteiger partial charge in [-0.25, -0.2) is 0 Å². The van der Waals surface area contributed by atoms with Crippen LogP contribution < -0.4 is 14.5 Å². The van der Waals surface area contributed by atoms with E-state index in [0.29, 0.717) is 49.8 Å². The van der Waals surface area contributed by atoms with Crippen molar-refractivity contribution in [3.8, 4) is 5.75 Å². The maximum Gasteiger partial charge on any atom is 0.251 e. The Kier molecular flexibility index (Phi) is 8.81. The molecule has 0 radical (unpaired) electrons. The first-order chi connectivity index (χ1) is 21.3. The van der Waals surface area contributed by atoms with Crippen molar-refractivity contribution in [2.75, 3.05) is 42.6 Å². The van der Waals surface area contributed by atoms with Crippen molar-refractivity contribution >= 4 is 52.5 Å². The number of anilines is 2. The number of carbonyl (C=O) groups is 3. The second-order valence-electron chi connectivity index (χ2n) is 11.7. The molecule has 0 aliphatic carbocycles. The van der Waals surface area contributed by atoms with Crippen molar-refractivity contribution in [3.05, 3.63) is 77.4 Å². The summed E-state index contributed by atoms with van der Waals surface area (Å²) in [4.78, 5) is 48.8. The van der Waals surface area contributed by atoms with Gasteiger partial charge in [0.1, 0.15) is 11.8 Å². The van der Waals surface area contributed by atoms with E-state index in [1.807, 2.05) is 74.5 Å². The van der Waals surface area contributed by atoms with Crippen LogP contribution in [0.25, 0.3) is 0 Å². The summed E-state index contributed by atoms with van der Waals surface area (Å²) in [5, 5.41) is 9.57. The van der Waals surface area contributed by atoms with E-state index in [4.69, 9.17) is 16.3 Å². The number of carbonyl (C=O) groups excluding carboxylic acids is 3. The van der Waals surface area contributed by atoms with E-state index >= 15 is 0 Å². The molecule has 0 bridgehead atoms. The summed E-state index contributed by atoms with van der Waals surface area (Å²) < 4.78 is 4.69. The number of para-hydroxylation sites is 1. The van der Waals surface area contributed by atoms with E-state index in [0.717, 1.165) is 23.4 Å². The molecule has 3 amide bonds. The number of halogens is 1. The lowest BCUT2D eigenvalue weighted by molar-refractivity contribution is -0.138. The molecule has 6 rings (SSSR count). The largest absolute Gasteiger partial charge is 0.494 e. The number of fused-ring (bicyclic) bond motifs is 2. The highest BCUT2D eigenvalue weighted by Gasteiger charge is 2.71. The molecule has 1 unspecified atom stereocenters. The van der Waals surface area contributed by atoms with E-state index in [2.05, 4.69) is 0 Å². The lowest BCUT2D eigenvalue weighted by Crippen LogP contribution is -2.53. The van der Waals surface area contributed by atoms with E-state index in [1.165, 1.54) is 0 Å². The van der Waals surface area contributed by atoms with Gasteiger partial charge in [-0.15, -0.1) is 11.8 Å². The maximum atomic E-state index is 14.7. The van der Waals surface area contributed by atoms with Crippen LogP contribution >= 0.6 is 23.4 Å². The zero-order valence-electron chi connectivity index (χ0n) is 25.0. The molecular weight excluding hydrogens is 598 g/mol. The third kappa shape index (κ3) is 5.12. The molecule has 8 nitrogen and oxygen atoms in total. The lowest BCUT2D eigenvalue weighted by atomic mass is 9.78. The Morgan fingerprint density at radius 1 is 0.977 bits per heavy atom. The first-order valence-electron chi connectivity index (χ1n) is 15.4. The van der Waals surface area contributed by atoms with Crippen molar-refractivity contribution in [3.63, 3.8) is 0 Å². The van der Waals surface area contributed by atoms with E-state index in [9.17, 15) is 19.5 Å². The summed E-state index contributed by atoms with van der Waals surface area (Å²) in [6.45, 7) is 5.57. The maximum absolute atomic E-state index is 14.7. The van der Waals surface area contributed by atoms with Gasteiger partial charge < -0.3 is 24.5 Å². The Labute approximate surface area is 267 Å². The van der Waals surface area contributed by atoms with Gasteiger partial charge in [0.25, 0.3) is 5.91 Å². The average molecular weight is 636 g/mol. The van der Waals surface area contributed by atoms with Crippen LogP contribution in [-0.2, 0) is 14.4 Å². The number of unbranched alkanes of at least 4 members (excludes halogenated alkanes) is 2. The minimum Gasteiger partial charge on any atom is -0.494 e. The number of aryl methyl sites for hydroxylation is 1. The molecule has 44 heavy (non-hydrogen) atoms. The van der Waals surface area contributed by atoms with Gasteiger partial charge in [-0.1, -0.05) is 48.0 Å². The highest BCUT2D eigenvalue weighted by molar-refractivity contribution is 8.02. The summed E-state index contributed by atoms with van der Waals surface area (Å²) in [6.07, 6.45) is 10.0. The fourth-order valence-electron chi connectivity index (χ4n) is 7.23. The molecule has 0 aromatic heterocycles. The smallest absolute Gasteiger partial charge is 0.251 e. The summed E-state index contributed by atoms with van der Waals surface area (Å²) in [5.74, 6) is -1.06. The fraction of sp³-hybridized carbons (Fsp3) is 0.441. The zero-order valence-corrected chi connectivity index (χ0v) is 26.6. The van der Waals surface area contributed by atoms with Gasteiger partial charge in [0.2, 0.25) is 11.8 Å². The van der Waals surface area contributed by atoms with Crippen LogP contribution in [0.15, 0.2) is 66.8 Å². The Hall–Kier alpha value is -3.27. The monoisotopic (exact) mass is 635 g/mol. The Morgan fingerprint density at radius 3 is 2.48 bits per heavy atom. The highest BCUT2D eigenvalue weighted by atomic mass is 35.5. The van der Waals surface area contributed by atoms with Gasteiger partial charge in [-0.3, -0.25) is 14.4 Å². The molecule has 4 aliphatic rings. The molecule has 4 heterocycles. The predicted molar refractivity (Wildman–Crippen MR) is 174 cm³/mol. The molecule has 0 saturated carbocycles. The average Bonchev–Trinajstić information content (AvgIpc) is 3.32. The zero-order chi connectivity index (χ0) is 31.0. The van der Waals surface area contributed by atoms with Gasteiger partial charge in [0.15, 0.2) is 0 Å². The Morgan fingerprint density at radius 2 is 1.75 bits per heavy atom. The van der Waals surface area contributed by atoms with Crippen molar-refractivity contribution in [2.24, 2.45) is 11.8 Å². The topological polar surface area (TPSA) is 90.4 Å². The number of amides is 3. The lowest BCUT2D eigenvalue weighted by Gasteiger charge is -2.35. The number of aliphatic hydroxyl groups is 1. The number of hydrogen-bond acceptors (Lipinski definition) is 6. The van der Waals surface area contributed by atoms with Crippen molar-refractivity contribution in [1.82, 2.24) is 4.90 Å². The van der Waals surface area contributed by atoms with Gasteiger partial charge in [-0.05, 0) is 69.0 Å². The molecule has 5 atom stereocenters. The standard InChI is InChI=1S/C34H38ClN3O5S/c1-3-43-24-15-13-23(14-16-24)36-19-8-12-26-27(31(36)40)28-32(41)38(18-5-4-6-21-39)30-33(42)37(20-9-17-34(28,30)44-26)29-22(2)10-7-11-25(29)35/h7-17,26-28,30,39H,3-6,18-21H2,1-2H3/t26-,27+,28+,30?,34+/m1/s1. The summed E-state index contributed by atoms with van der Waals surface area (Å²) in [6, 6.07) is 12.2. The molecule has 2 fully saturated rings. The molecule has 2 saturated heterocycles. The number of rotatable bonds is 9. The van der Waals surface area contributed by atoms with Crippen molar-refractivity contribution in [1.29, 1.82) is 0 Å². The van der Waals surface area contributed by atoms with Crippen LogP contribution in [0.3, 0.4) is 0 Å². The number of hydrogen-bond donors (Lipinski definition) is 1. The van der Waals surface area contributed by atoms with Crippen molar-refractivity contribution < 1.29 is 24.2 Å². The molecule has 2 aromatic carbocycles. The van der Waals surface area contributed by atoms with Crippen LogP contribution in [0, 0.1) is 18.8 Å². The number of ether oxygens (including phenoxy) is 1. The molecule has 232 valence electrons. The van der Waals surface area contributed by atoms with Gasteiger partial charge in [0.05, 0.1) is 33.9 Å². The van der Waals surface area contributed by atoms with Crippen LogP contribution in [-0.4, -0.2) is 76.6 Å². The number of likely N-dealkylation sites (tertiary alicyclic amines) is 1. The fourth-order valence-corrected chi connectivity index (χ4v) is 9.56. The predicted octanol–water partition coefficient (Wildman–Crippen LogP) is 5.01. The third-order valence-electron chi connectivity index (χ3n) is 9.13. The first-order valence-corrected chi connectivity index (χ1v) is 16.6. The highest BCUT2D eigenvalue weighted by Crippen LogP contribution is 2.61. The summed E-state index contributed by atoms with van der Waals surface area (Å²) >= 11 is 8.23. The van der Waals surface area contributed by atoms with Crippen LogP contribution in [0.4, 0.5) is 11.4 Å². The number of thioether (sulfide) groups is 1. The Bertz CT molecular complexity index is 1480. The van der Waals surface area contributed by atoms with E-state index in [1.54, 1.807) is 32.5 Å². The number of nitrogens with zero attached hydrogens (tertiary/aromatic N) is 3. The minimum absolute atomic E-state index is 0.0764. The molecule has 1 N–H and O–H groups in total. The van der Waals surface area contributed by atoms with Crippen molar-refractivity contribution in [2.45, 2.75) is 49.1 Å². The van der Waals surface area contributed by atoms with Gasteiger partial charge in [-0.2, -0.15) is 0 Å². The van der Waals surface area contributed by atoms with Crippen LogP contribution in [0.1, 0.15) is 31.7 Å². The third-order valence-corrected chi connectivity index (χ3v) is 11.2. The molecule has 10 heteroatoms. The molecular formula is C34H38ClN3O5S. The normalized spacial score (nSPS) is 27.7. The summed E-state index contributed by atoms with van der Waals surface area (Å²) in [7, 11) is 0. The first kappa shape index (κ1) is 30.7. The van der Waals surface area contributed by atoms with Gasteiger partial charge >= 0.3 is 0 Å². The Balaban J connectivity index is 1.40. The second-order valence-corrected chi connectivity index (χ2v) is 13.6. The summed E-state index contributed by atoms with van der Waals surface area (Å²) in [5.41, 5.74) is 2.26. The van der Waals surface area contributed by atoms with Crippen LogP contribution in [0.5, 0.6) is 5.75 Å². The molecule has 1 spiro atoms. The van der Waals surface area contributed by atoms with E-state index in [-0.39, 0.29) is 29.6 Å². The number of benzene rings is 2. The minimum atomic E-state index is -0.910. The molecule has 2 aromatic rings.